The Bertz CT molecular complexity index is 1100. The second-order valence-corrected chi connectivity index (χ2v) is 6.73. The molecule has 7 heteroatoms. The van der Waals surface area contributed by atoms with Crippen molar-refractivity contribution in [2.24, 2.45) is 0 Å². The number of hydrogen-bond acceptors (Lipinski definition) is 5. The van der Waals surface area contributed by atoms with Gasteiger partial charge in [-0.3, -0.25) is 4.79 Å². The summed E-state index contributed by atoms with van der Waals surface area (Å²) in [6.07, 6.45) is 3.55. The molecule has 0 bridgehead atoms. The second kappa shape index (κ2) is 7.43. The molecule has 4 aromatic rings. The molecule has 3 heterocycles. The number of aromatic amines is 1. The Labute approximate surface area is 158 Å². The van der Waals surface area contributed by atoms with E-state index in [9.17, 15) is 9.59 Å². The number of aromatic nitrogens is 3. The third-order valence-electron chi connectivity index (χ3n) is 3.99. The van der Waals surface area contributed by atoms with Crippen LogP contribution >= 0.6 is 11.3 Å². The molecular weight excluding hydrogens is 362 g/mol. The zero-order chi connectivity index (χ0) is 18.6. The smallest absolute Gasteiger partial charge is 0.344 e. The van der Waals surface area contributed by atoms with E-state index in [-0.39, 0.29) is 12.2 Å². The van der Waals surface area contributed by atoms with E-state index in [1.165, 1.54) is 17.4 Å². The van der Waals surface area contributed by atoms with Crippen molar-refractivity contribution in [2.75, 3.05) is 0 Å². The molecule has 6 nitrogen and oxygen atoms in total. The van der Waals surface area contributed by atoms with Gasteiger partial charge < -0.3 is 9.72 Å². The molecule has 0 saturated heterocycles. The number of carbonyl (C=O) groups is 1. The van der Waals surface area contributed by atoms with Crippen LogP contribution in [0.4, 0.5) is 0 Å². The van der Waals surface area contributed by atoms with Crippen LogP contribution in [-0.2, 0) is 11.3 Å². The molecule has 0 aliphatic carbocycles. The summed E-state index contributed by atoms with van der Waals surface area (Å²) in [6.45, 7) is 0.0876. The molecule has 1 aromatic carbocycles. The van der Waals surface area contributed by atoms with Crippen molar-refractivity contribution in [3.8, 4) is 16.3 Å². The molecule has 0 aliphatic heterocycles. The van der Waals surface area contributed by atoms with Crippen LogP contribution in [0.5, 0.6) is 0 Å². The molecule has 134 valence electrons. The van der Waals surface area contributed by atoms with E-state index in [1.807, 2.05) is 54.0 Å². The summed E-state index contributed by atoms with van der Waals surface area (Å²) in [7, 11) is 0. The molecule has 0 aliphatic rings. The molecule has 0 spiro atoms. The number of thiophene rings is 1. The Morgan fingerprint density at radius 1 is 1.11 bits per heavy atom. The number of nitrogens with one attached hydrogen (secondary N) is 1. The number of hydrogen-bond donors (Lipinski definition) is 1. The van der Waals surface area contributed by atoms with Crippen molar-refractivity contribution in [2.45, 2.75) is 6.61 Å². The highest BCUT2D eigenvalue weighted by atomic mass is 32.1. The SMILES string of the molecule is O=C(OCc1ccc(-n2cccn2)cc1)c1ccc(-c2cccs2)[nH]c1=O. The number of carbonyl (C=O) groups excluding carboxylic acids is 1. The Morgan fingerprint density at radius 2 is 1.96 bits per heavy atom. The van der Waals surface area contributed by atoms with Crippen LogP contribution < -0.4 is 5.56 Å². The van der Waals surface area contributed by atoms with Crippen molar-refractivity contribution in [3.63, 3.8) is 0 Å². The average Bonchev–Trinajstić information content (AvgIpc) is 3.40. The Hall–Kier alpha value is -3.45. The summed E-state index contributed by atoms with van der Waals surface area (Å²) < 4.78 is 7.02. The van der Waals surface area contributed by atoms with Crippen LogP contribution in [0.3, 0.4) is 0 Å². The maximum absolute atomic E-state index is 12.2. The summed E-state index contributed by atoms with van der Waals surface area (Å²) in [5, 5.41) is 6.08. The van der Waals surface area contributed by atoms with Gasteiger partial charge >= 0.3 is 5.97 Å². The Kier molecular flexibility index (Phi) is 4.67. The standard InChI is InChI=1S/C20H15N3O3S/c24-19-16(8-9-17(22-19)18-3-1-12-27-18)20(25)26-13-14-4-6-15(7-5-14)23-11-2-10-21-23/h1-12H,13H2,(H,22,24). The maximum atomic E-state index is 12.2. The van der Waals surface area contributed by atoms with Gasteiger partial charge in [0.25, 0.3) is 5.56 Å². The van der Waals surface area contributed by atoms with E-state index in [1.54, 1.807) is 16.9 Å². The first-order chi connectivity index (χ1) is 13.2. The molecule has 0 amide bonds. The highest BCUT2D eigenvalue weighted by Crippen LogP contribution is 2.21. The maximum Gasteiger partial charge on any atom is 0.344 e. The van der Waals surface area contributed by atoms with Crippen molar-refractivity contribution in [3.05, 3.63) is 93.9 Å². The van der Waals surface area contributed by atoms with Gasteiger partial charge in [-0.05, 0) is 47.3 Å². The molecule has 0 atom stereocenters. The molecule has 0 radical (unpaired) electrons. The van der Waals surface area contributed by atoms with Gasteiger partial charge in [-0.1, -0.05) is 18.2 Å². The van der Waals surface area contributed by atoms with Crippen molar-refractivity contribution in [1.82, 2.24) is 14.8 Å². The summed E-state index contributed by atoms with van der Waals surface area (Å²) in [5.74, 6) is -0.648. The van der Waals surface area contributed by atoms with Crippen LogP contribution in [-0.4, -0.2) is 20.7 Å². The highest BCUT2D eigenvalue weighted by molar-refractivity contribution is 7.13. The fraction of sp³-hybridized carbons (Fsp3) is 0.0500. The molecule has 0 saturated carbocycles. The lowest BCUT2D eigenvalue weighted by Crippen LogP contribution is -2.19. The van der Waals surface area contributed by atoms with Gasteiger partial charge in [-0.25, -0.2) is 9.48 Å². The lowest BCUT2D eigenvalue weighted by atomic mass is 10.2. The number of pyridine rings is 1. The molecule has 4 rings (SSSR count). The van der Waals surface area contributed by atoms with Crippen molar-refractivity contribution < 1.29 is 9.53 Å². The lowest BCUT2D eigenvalue weighted by Gasteiger charge is -2.07. The summed E-state index contributed by atoms with van der Waals surface area (Å²) in [6, 6.07) is 16.3. The normalized spacial score (nSPS) is 10.7. The Morgan fingerprint density at radius 3 is 2.63 bits per heavy atom. The first kappa shape index (κ1) is 17.0. The fourth-order valence-electron chi connectivity index (χ4n) is 2.60. The number of H-pyrrole nitrogens is 1. The van der Waals surface area contributed by atoms with Crippen LogP contribution in [0, 0.1) is 0 Å². The zero-order valence-electron chi connectivity index (χ0n) is 14.2. The van der Waals surface area contributed by atoms with Gasteiger partial charge in [0.1, 0.15) is 12.2 Å². The second-order valence-electron chi connectivity index (χ2n) is 5.79. The van der Waals surface area contributed by atoms with E-state index in [4.69, 9.17) is 4.74 Å². The summed E-state index contributed by atoms with van der Waals surface area (Å²) >= 11 is 1.51. The van der Waals surface area contributed by atoms with Crippen LogP contribution in [0.25, 0.3) is 16.3 Å². The third-order valence-corrected chi connectivity index (χ3v) is 4.89. The molecule has 0 fully saturated rings. The van der Waals surface area contributed by atoms with Crippen molar-refractivity contribution in [1.29, 1.82) is 0 Å². The number of rotatable bonds is 5. The van der Waals surface area contributed by atoms with E-state index in [0.29, 0.717) is 5.69 Å². The first-order valence-electron chi connectivity index (χ1n) is 8.24. The monoisotopic (exact) mass is 377 g/mol. The number of nitrogens with zero attached hydrogens (tertiary/aromatic N) is 2. The van der Waals surface area contributed by atoms with Crippen LogP contribution in [0.2, 0.25) is 0 Å². The van der Waals surface area contributed by atoms with Gasteiger partial charge in [-0.2, -0.15) is 5.10 Å². The van der Waals surface area contributed by atoms with Gasteiger partial charge in [-0.15, -0.1) is 11.3 Å². The molecule has 27 heavy (non-hydrogen) atoms. The average molecular weight is 377 g/mol. The lowest BCUT2D eigenvalue weighted by molar-refractivity contribution is 0.0470. The quantitative estimate of drug-likeness (QED) is 0.539. The van der Waals surface area contributed by atoms with Gasteiger partial charge in [0, 0.05) is 12.4 Å². The minimum Gasteiger partial charge on any atom is -0.457 e. The molecule has 1 N–H and O–H groups in total. The number of benzene rings is 1. The van der Waals surface area contributed by atoms with Crippen LogP contribution in [0.1, 0.15) is 15.9 Å². The van der Waals surface area contributed by atoms with Gasteiger partial charge in [0.2, 0.25) is 0 Å². The topological polar surface area (TPSA) is 77.0 Å². The summed E-state index contributed by atoms with van der Waals surface area (Å²) in [4.78, 5) is 28.1. The van der Waals surface area contributed by atoms with Gasteiger partial charge in [0.05, 0.1) is 16.3 Å². The first-order valence-corrected chi connectivity index (χ1v) is 9.12. The van der Waals surface area contributed by atoms with E-state index in [0.717, 1.165) is 16.1 Å². The minimum absolute atomic E-state index is 0.0107. The molecular formula is C20H15N3O3S. The van der Waals surface area contributed by atoms with Crippen LogP contribution in [0.15, 0.2) is 77.2 Å². The van der Waals surface area contributed by atoms with E-state index in [2.05, 4.69) is 10.1 Å². The third kappa shape index (κ3) is 3.73. The highest BCUT2D eigenvalue weighted by Gasteiger charge is 2.13. The minimum atomic E-state index is -0.648. The predicted octanol–water partition coefficient (Wildman–Crippen LogP) is 3.65. The van der Waals surface area contributed by atoms with Gasteiger partial charge in [0.15, 0.2) is 0 Å². The largest absolute Gasteiger partial charge is 0.457 e. The molecule has 0 unspecified atom stereocenters. The Balaban J connectivity index is 1.43. The number of ether oxygens (including phenoxy) is 1. The predicted molar refractivity (Wildman–Crippen MR) is 103 cm³/mol. The zero-order valence-corrected chi connectivity index (χ0v) is 15.0. The van der Waals surface area contributed by atoms with Crippen molar-refractivity contribution >= 4 is 17.3 Å². The van der Waals surface area contributed by atoms with E-state index >= 15 is 0 Å². The fourth-order valence-corrected chi connectivity index (χ4v) is 3.31. The molecule has 3 aromatic heterocycles. The summed E-state index contributed by atoms with van der Waals surface area (Å²) in [5.41, 5.74) is 1.95. The number of esters is 1. The van der Waals surface area contributed by atoms with E-state index < -0.39 is 11.5 Å².